The van der Waals surface area contributed by atoms with Crippen LogP contribution in [0.3, 0.4) is 0 Å². The monoisotopic (exact) mass is 390 g/mol. The van der Waals surface area contributed by atoms with Gasteiger partial charge in [0.15, 0.2) is 5.96 Å². The highest BCUT2D eigenvalue weighted by Crippen LogP contribution is 2.12. The average Bonchev–Trinajstić information content (AvgIpc) is 2.72. The van der Waals surface area contributed by atoms with E-state index in [0.29, 0.717) is 25.1 Å². The molecule has 1 atom stereocenters. The quantitative estimate of drug-likeness (QED) is 0.475. The molecule has 158 valence electrons. The van der Waals surface area contributed by atoms with E-state index in [-0.39, 0.29) is 0 Å². The molecule has 0 amide bonds. The molecule has 6 heteroatoms. The Hall–Kier alpha value is -1.63. The van der Waals surface area contributed by atoms with E-state index in [9.17, 15) is 0 Å². The Kier molecular flexibility index (Phi) is 10.3. The minimum atomic E-state index is 0.477. The van der Waals surface area contributed by atoms with Crippen LogP contribution in [0, 0.1) is 5.92 Å². The van der Waals surface area contributed by atoms with Crippen molar-refractivity contribution < 1.29 is 9.47 Å². The molecule has 1 aromatic carbocycles. The molecule has 0 spiro atoms. The first-order valence-corrected chi connectivity index (χ1v) is 10.6. The van der Waals surface area contributed by atoms with Crippen molar-refractivity contribution in [2.75, 3.05) is 46.0 Å². The second-order valence-electron chi connectivity index (χ2n) is 7.49. The number of ether oxygens (including phenoxy) is 2. The van der Waals surface area contributed by atoms with Crippen LogP contribution in [0.5, 0.6) is 0 Å². The highest BCUT2D eigenvalue weighted by atomic mass is 16.5. The first-order valence-electron chi connectivity index (χ1n) is 10.6. The van der Waals surface area contributed by atoms with Gasteiger partial charge in [0, 0.05) is 38.8 Å². The minimum Gasteiger partial charge on any atom is -0.379 e. The Morgan fingerprint density at radius 3 is 2.39 bits per heavy atom. The van der Waals surface area contributed by atoms with Crippen LogP contribution in [0.2, 0.25) is 0 Å². The Morgan fingerprint density at radius 2 is 1.79 bits per heavy atom. The maximum atomic E-state index is 5.51. The SMILES string of the molecule is CCNC(=NCc1ccc(COCC)cc1)NCC(C(C)C)N1CCOCC1. The molecule has 0 aromatic heterocycles. The summed E-state index contributed by atoms with van der Waals surface area (Å²) in [6, 6.07) is 8.98. The Balaban J connectivity index is 1.91. The molecule has 0 bridgehead atoms. The lowest BCUT2D eigenvalue weighted by Gasteiger charge is -2.37. The van der Waals surface area contributed by atoms with Gasteiger partial charge in [0.2, 0.25) is 0 Å². The van der Waals surface area contributed by atoms with Crippen LogP contribution in [-0.4, -0.2) is 62.9 Å². The number of morpholine rings is 1. The van der Waals surface area contributed by atoms with Gasteiger partial charge in [-0.25, -0.2) is 4.99 Å². The van der Waals surface area contributed by atoms with Gasteiger partial charge in [0.05, 0.1) is 26.4 Å². The molecule has 28 heavy (non-hydrogen) atoms. The molecule has 6 nitrogen and oxygen atoms in total. The lowest BCUT2D eigenvalue weighted by atomic mass is 10.0. The normalized spacial score (nSPS) is 17.0. The van der Waals surface area contributed by atoms with Crippen LogP contribution in [-0.2, 0) is 22.6 Å². The second-order valence-corrected chi connectivity index (χ2v) is 7.49. The van der Waals surface area contributed by atoms with Gasteiger partial charge in [-0.3, -0.25) is 4.90 Å². The van der Waals surface area contributed by atoms with E-state index in [2.05, 4.69) is 60.6 Å². The summed E-state index contributed by atoms with van der Waals surface area (Å²) in [5.74, 6) is 1.45. The predicted molar refractivity (Wildman–Crippen MR) is 116 cm³/mol. The Bertz CT molecular complexity index is 568. The summed E-state index contributed by atoms with van der Waals surface area (Å²) in [7, 11) is 0. The van der Waals surface area contributed by atoms with E-state index in [1.807, 2.05) is 6.92 Å². The van der Waals surface area contributed by atoms with E-state index in [1.165, 1.54) is 11.1 Å². The molecular weight excluding hydrogens is 352 g/mol. The third-order valence-corrected chi connectivity index (χ3v) is 5.02. The molecule has 0 saturated carbocycles. The molecule has 1 aliphatic heterocycles. The zero-order valence-electron chi connectivity index (χ0n) is 18.0. The Labute approximate surface area is 170 Å². The maximum Gasteiger partial charge on any atom is 0.191 e. The fourth-order valence-electron chi connectivity index (χ4n) is 3.37. The fraction of sp³-hybridized carbons (Fsp3) is 0.682. The van der Waals surface area contributed by atoms with Gasteiger partial charge in [-0.2, -0.15) is 0 Å². The molecule has 1 aromatic rings. The van der Waals surface area contributed by atoms with Gasteiger partial charge in [0.1, 0.15) is 0 Å². The van der Waals surface area contributed by atoms with Gasteiger partial charge in [0.25, 0.3) is 0 Å². The summed E-state index contributed by atoms with van der Waals surface area (Å²) in [5, 5.41) is 6.91. The summed E-state index contributed by atoms with van der Waals surface area (Å²) in [5.41, 5.74) is 2.40. The smallest absolute Gasteiger partial charge is 0.191 e. The standard InChI is InChI=1S/C22H38N4O2/c1-5-23-22(24-15-19-7-9-20(10-8-19)17-27-6-2)25-16-21(18(3)4)26-11-13-28-14-12-26/h7-10,18,21H,5-6,11-17H2,1-4H3,(H2,23,24,25). The first-order chi connectivity index (χ1) is 13.6. The molecule has 0 radical (unpaired) electrons. The number of nitrogens with one attached hydrogen (secondary N) is 2. The topological polar surface area (TPSA) is 58.1 Å². The first kappa shape index (κ1) is 22.7. The van der Waals surface area contributed by atoms with Crippen molar-refractivity contribution in [1.29, 1.82) is 0 Å². The molecule has 0 aliphatic carbocycles. The molecule has 2 N–H and O–H groups in total. The van der Waals surface area contributed by atoms with Crippen molar-refractivity contribution >= 4 is 5.96 Å². The van der Waals surface area contributed by atoms with Gasteiger partial charge in [-0.1, -0.05) is 38.1 Å². The summed E-state index contributed by atoms with van der Waals surface area (Å²) >= 11 is 0. The summed E-state index contributed by atoms with van der Waals surface area (Å²) in [4.78, 5) is 7.30. The van der Waals surface area contributed by atoms with Crippen LogP contribution in [0.4, 0.5) is 0 Å². The second kappa shape index (κ2) is 12.8. The molecule has 1 aliphatic rings. The lowest BCUT2D eigenvalue weighted by Crippen LogP contribution is -2.52. The van der Waals surface area contributed by atoms with Crippen LogP contribution >= 0.6 is 0 Å². The van der Waals surface area contributed by atoms with Crippen molar-refractivity contribution in [3.05, 3.63) is 35.4 Å². The largest absolute Gasteiger partial charge is 0.379 e. The van der Waals surface area contributed by atoms with E-state index < -0.39 is 0 Å². The maximum absolute atomic E-state index is 5.51. The summed E-state index contributed by atoms with van der Waals surface area (Å²) in [6.07, 6.45) is 0. The van der Waals surface area contributed by atoms with Crippen LogP contribution < -0.4 is 10.6 Å². The fourth-order valence-corrected chi connectivity index (χ4v) is 3.37. The predicted octanol–water partition coefficient (Wildman–Crippen LogP) is 2.64. The number of nitrogens with zero attached hydrogens (tertiary/aromatic N) is 2. The average molecular weight is 391 g/mol. The van der Waals surface area contributed by atoms with Crippen molar-refractivity contribution in [3.8, 4) is 0 Å². The van der Waals surface area contributed by atoms with Crippen molar-refractivity contribution in [2.45, 2.75) is 46.9 Å². The number of rotatable bonds is 10. The number of guanidine groups is 1. The van der Waals surface area contributed by atoms with E-state index in [0.717, 1.165) is 52.0 Å². The third kappa shape index (κ3) is 7.78. The van der Waals surface area contributed by atoms with Crippen LogP contribution in [0.1, 0.15) is 38.8 Å². The van der Waals surface area contributed by atoms with Crippen molar-refractivity contribution in [3.63, 3.8) is 0 Å². The van der Waals surface area contributed by atoms with E-state index in [4.69, 9.17) is 14.5 Å². The minimum absolute atomic E-state index is 0.477. The van der Waals surface area contributed by atoms with Crippen LogP contribution in [0.25, 0.3) is 0 Å². The molecule has 1 heterocycles. The summed E-state index contributed by atoms with van der Waals surface area (Å²) < 4.78 is 11.0. The van der Waals surface area contributed by atoms with Gasteiger partial charge < -0.3 is 20.1 Å². The van der Waals surface area contributed by atoms with Crippen LogP contribution in [0.15, 0.2) is 29.3 Å². The Morgan fingerprint density at radius 1 is 1.11 bits per heavy atom. The highest BCUT2D eigenvalue weighted by Gasteiger charge is 2.23. The lowest BCUT2D eigenvalue weighted by molar-refractivity contribution is 0.00752. The van der Waals surface area contributed by atoms with E-state index >= 15 is 0 Å². The number of hydrogen-bond acceptors (Lipinski definition) is 4. The number of hydrogen-bond donors (Lipinski definition) is 2. The highest BCUT2D eigenvalue weighted by molar-refractivity contribution is 5.79. The number of aliphatic imine (C=N–C) groups is 1. The molecular formula is C22H38N4O2. The molecule has 2 rings (SSSR count). The number of benzene rings is 1. The molecule has 1 fully saturated rings. The molecule has 1 unspecified atom stereocenters. The zero-order valence-corrected chi connectivity index (χ0v) is 18.0. The van der Waals surface area contributed by atoms with Crippen molar-refractivity contribution in [1.82, 2.24) is 15.5 Å². The summed E-state index contributed by atoms with van der Waals surface area (Å²) in [6.45, 7) is 16.2. The molecule has 1 saturated heterocycles. The van der Waals surface area contributed by atoms with Crippen molar-refractivity contribution in [2.24, 2.45) is 10.9 Å². The van der Waals surface area contributed by atoms with Gasteiger partial charge in [-0.05, 0) is 30.9 Å². The van der Waals surface area contributed by atoms with Gasteiger partial charge >= 0.3 is 0 Å². The third-order valence-electron chi connectivity index (χ3n) is 5.02. The van der Waals surface area contributed by atoms with Gasteiger partial charge in [-0.15, -0.1) is 0 Å². The van der Waals surface area contributed by atoms with E-state index in [1.54, 1.807) is 0 Å². The zero-order chi connectivity index (χ0) is 20.2.